The maximum absolute atomic E-state index is 11.1. The number of hydrogen-bond donors (Lipinski definition) is 1. The molecule has 0 radical (unpaired) electrons. The van der Waals surface area contributed by atoms with E-state index in [1.807, 2.05) is 30.3 Å². The Labute approximate surface area is 147 Å². The van der Waals surface area contributed by atoms with E-state index in [-0.39, 0.29) is 23.4 Å². The van der Waals surface area contributed by atoms with Crippen LogP contribution in [0.1, 0.15) is 43.4 Å². The van der Waals surface area contributed by atoms with Gasteiger partial charge in [-0.25, -0.2) is 0 Å². The van der Waals surface area contributed by atoms with Crippen molar-refractivity contribution in [2.75, 3.05) is 0 Å². The van der Waals surface area contributed by atoms with Crippen LogP contribution in [0.5, 0.6) is 11.5 Å². The highest BCUT2D eigenvalue weighted by Gasteiger charge is 2.62. The van der Waals surface area contributed by atoms with E-state index in [4.69, 9.17) is 14.6 Å². The van der Waals surface area contributed by atoms with Crippen molar-refractivity contribution in [2.45, 2.75) is 44.8 Å². The van der Waals surface area contributed by atoms with E-state index in [0.717, 1.165) is 22.6 Å². The van der Waals surface area contributed by atoms with Crippen molar-refractivity contribution >= 4 is 5.97 Å². The molecule has 2 aromatic rings. The summed E-state index contributed by atoms with van der Waals surface area (Å²) in [7, 11) is 0. The van der Waals surface area contributed by atoms with Crippen molar-refractivity contribution in [2.24, 2.45) is 5.92 Å². The van der Waals surface area contributed by atoms with Gasteiger partial charge in [0.1, 0.15) is 30.1 Å². The molecule has 2 aromatic carbocycles. The summed E-state index contributed by atoms with van der Waals surface area (Å²) in [5.41, 5.74) is 3.36. The second-order valence-corrected chi connectivity index (χ2v) is 7.91. The Morgan fingerprint density at radius 2 is 2.00 bits per heavy atom. The molecule has 2 aliphatic rings. The van der Waals surface area contributed by atoms with E-state index < -0.39 is 5.97 Å². The quantitative estimate of drug-likeness (QED) is 0.911. The Morgan fingerprint density at radius 3 is 2.72 bits per heavy atom. The zero-order valence-electron chi connectivity index (χ0n) is 14.7. The standard InChI is InChI=1S/C21H22O4/c1-21(2,3)13-5-4-6-14(10-13)24-11-12-7-8-15-16(9-12)25-19-17(15)18(19)20(22)23/h4-10,17-19H,11H2,1-3H3,(H,22,23). The van der Waals surface area contributed by atoms with Crippen molar-refractivity contribution in [1.29, 1.82) is 0 Å². The average molecular weight is 338 g/mol. The first-order chi connectivity index (χ1) is 11.8. The number of hydrogen-bond acceptors (Lipinski definition) is 3. The molecule has 1 aliphatic carbocycles. The monoisotopic (exact) mass is 338 g/mol. The number of rotatable bonds is 4. The van der Waals surface area contributed by atoms with E-state index >= 15 is 0 Å². The third kappa shape index (κ3) is 2.86. The molecule has 1 aliphatic heterocycles. The van der Waals surface area contributed by atoms with Crippen LogP contribution in [-0.4, -0.2) is 17.2 Å². The number of fused-ring (bicyclic) bond motifs is 3. The first-order valence-corrected chi connectivity index (χ1v) is 8.60. The molecule has 0 amide bonds. The van der Waals surface area contributed by atoms with Crippen molar-refractivity contribution in [3.63, 3.8) is 0 Å². The average Bonchev–Trinajstić information content (AvgIpc) is 3.16. The van der Waals surface area contributed by atoms with Crippen LogP contribution >= 0.6 is 0 Å². The summed E-state index contributed by atoms with van der Waals surface area (Å²) >= 11 is 0. The van der Waals surface area contributed by atoms with Crippen molar-refractivity contribution in [3.05, 3.63) is 59.2 Å². The SMILES string of the molecule is CC(C)(C)c1cccc(OCc2ccc3c(c2)OC2C(C(=O)O)C32)c1. The van der Waals surface area contributed by atoms with Gasteiger partial charge in [-0.2, -0.15) is 0 Å². The molecule has 4 heteroatoms. The van der Waals surface area contributed by atoms with Gasteiger partial charge in [0.15, 0.2) is 0 Å². The van der Waals surface area contributed by atoms with Crippen LogP contribution in [0.25, 0.3) is 0 Å². The van der Waals surface area contributed by atoms with Gasteiger partial charge in [-0.3, -0.25) is 4.79 Å². The lowest BCUT2D eigenvalue weighted by Gasteiger charge is -2.19. The van der Waals surface area contributed by atoms with Gasteiger partial charge in [-0.15, -0.1) is 0 Å². The van der Waals surface area contributed by atoms with Gasteiger partial charge in [0.25, 0.3) is 0 Å². The summed E-state index contributed by atoms with van der Waals surface area (Å²) in [6.45, 7) is 7.00. The number of carboxylic acids is 1. The molecule has 4 rings (SSSR count). The van der Waals surface area contributed by atoms with Gasteiger partial charge in [0.2, 0.25) is 0 Å². The predicted molar refractivity (Wildman–Crippen MR) is 94.2 cm³/mol. The van der Waals surface area contributed by atoms with Gasteiger partial charge in [0.05, 0.1) is 0 Å². The molecule has 0 saturated heterocycles. The maximum Gasteiger partial charge on any atom is 0.311 e. The van der Waals surface area contributed by atoms with Gasteiger partial charge < -0.3 is 14.6 Å². The highest BCUT2D eigenvalue weighted by atomic mass is 16.5. The number of carboxylic acid groups (broad SMARTS) is 1. The van der Waals surface area contributed by atoms with Crippen LogP contribution in [0, 0.1) is 5.92 Å². The van der Waals surface area contributed by atoms with Gasteiger partial charge >= 0.3 is 5.97 Å². The second-order valence-electron chi connectivity index (χ2n) is 7.91. The largest absolute Gasteiger partial charge is 0.489 e. The van der Waals surface area contributed by atoms with Crippen LogP contribution < -0.4 is 9.47 Å². The minimum absolute atomic E-state index is 0.0194. The summed E-state index contributed by atoms with van der Waals surface area (Å²) in [6.07, 6.45) is -0.188. The first-order valence-electron chi connectivity index (χ1n) is 8.60. The Kier molecular flexibility index (Phi) is 3.53. The number of carbonyl (C=O) groups is 1. The normalized spacial score (nSPS) is 23.4. The molecule has 0 spiro atoms. The highest BCUT2D eigenvalue weighted by molar-refractivity contribution is 5.79. The molecular formula is C21H22O4. The molecule has 0 bridgehead atoms. The highest BCUT2D eigenvalue weighted by Crippen LogP contribution is 2.58. The lowest BCUT2D eigenvalue weighted by atomic mass is 9.87. The first kappa shape index (κ1) is 16.0. The second kappa shape index (κ2) is 5.51. The van der Waals surface area contributed by atoms with Crippen LogP contribution in [0.3, 0.4) is 0 Å². The van der Waals surface area contributed by atoms with Crippen molar-refractivity contribution in [1.82, 2.24) is 0 Å². The molecule has 1 heterocycles. The van der Waals surface area contributed by atoms with Crippen LogP contribution in [-0.2, 0) is 16.8 Å². The number of aliphatic carboxylic acids is 1. The number of benzene rings is 2. The van der Waals surface area contributed by atoms with Gasteiger partial charge in [0, 0.05) is 11.5 Å². The fraction of sp³-hybridized carbons (Fsp3) is 0.381. The van der Waals surface area contributed by atoms with E-state index in [2.05, 4.69) is 32.9 Å². The molecule has 4 nitrogen and oxygen atoms in total. The molecule has 25 heavy (non-hydrogen) atoms. The van der Waals surface area contributed by atoms with Crippen LogP contribution in [0.4, 0.5) is 0 Å². The van der Waals surface area contributed by atoms with E-state index in [0.29, 0.717) is 6.61 Å². The fourth-order valence-corrected chi connectivity index (χ4v) is 3.51. The van der Waals surface area contributed by atoms with Crippen LogP contribution in [0.15, 0.2) is 42.5 Å². The number of ether oxygens (including phenoxy) is 2. The third-order valence-corrected chi connectivity index (χ3v) is 5.04. The van der Waals surface area contributed by atoms with Gasteiger partial charge in [-0.1, -0.05) is 45.0 Å². The van der Waals surface area contributed by atoms with Crippen LogP contribution in [0.2, 0.25) is 0 Å². The minimum Gasteiger partial charge on any atom is -0.489 e. The molecule has 0 aromatic heterocycles. The Bertz CT molecular complexity index is 834. The Hall–Kier alpha value is -2.49. The molecule has 1 fully saturated rings. The van der Waals surface area contributed by atoms with Crippen molar-refractivity contribution in [3.8, 4) is 11.5 Å². The van der Waals surface area contributed by atoms with E-state index in [1.165, 1.54) is 5.56 Å². The minimum atomic E-state index is -0.771. The summed E-state index contributed by atoms with van der Waals surface area (Å²) in [5, 5.41) is 9.13. The topological polar surface area (TPSA) is 55.8 Å². The third-order valence-electron chi connectivity index (χ3n) is 5.04. The van der Waals surface area contributed by atoms with Crippen molar-refractivity contribution < 1.29 is 19.4 Å². The molecule has 3 atom stereocenters. The Balaban J connectivity index is 1.45. The summed E-state index contributed by atoms with van der Waals surface area (Å²) in [4.78, 5) is 11.1. The molecule has 1 saturated carbocycles. The predicted octanol–water partition coefficient (Wildman–Crippen LogP) is 4.12. The lowest BCUT2D eigenvalue weighted by Crippen LogP contribution is -2.11. The van der Waals surface area contributed by atoms with E-state index in [9.17, 15) is 4.79 Å². The summed E-state index contributed by atoms with van der Waals surface area (Å²) in [5.74, 6) is 0.520. The van der Waals surface area contributed by atoms with Gasteiger partial charge in [-0.05, 0) is 34.7 Å². The smallest absolute Gasteiger partial charge is 0.311 e. The molecule has 1 N–H and O–H groups in total. The summed E-state index contributed by atoms with van der Waals surface area (Å²) in [6, 6.07) is 14.1. The molecule has 3 unspecified atom stereocenters. The van der Waals surface area contributed by atoms with E-state index in [1.54, 1.807) is 0 Å². The maximum atomic E-state index is 11.1. The molecule has 130 valence electrons. The lowest BCUT2D eigenvalue weighted by molar-refractivity contribution is -0.139. The molecular weight excluding hydrogens is 316 g/mol. The fourth-order valence-electron chi connectivity index (χ4n) is 3.51. The zero-order valence-corrected chi connectivity index (χ0v) is 14.7. The Morgan fingerprint density at radius 1 is 1.20 bits per heavy atom. The zero-order chi connectivity index (χ0) is 17.8. The summed E-state index contributed by atoms with van der Waals surface area (Å²) < 4.78 is 11.7.